The molecule has 1 fully saturated rings. The first-order valence-electron chi connectivity index (χ1n) is 7.76. The summed E-state index contributed by atoms with van der Waals surface area (Å²) in [5.74, 6) is 0.928. The zero-order chi connectivity index (χ0) is 17.4. The number of rotatable bonds is 8. The number of hydrogen-bond acceptors (Lipinski definition) is 5. The lowest BCUT2D eigenvalue weighted by Crippen LogP contribution is -2.36. The summed E-state index contributed by atoms with van der Waals surface area (Å²) in [4.78, 5) is 25.0. The Labute approximate surface area is 151 Å². The van der Waals surface area contributed by atoms with E-state index in [4.69, 9.17) is 17.0 Å². The first kappa shape index (κ1) is 18.5. The highest BCUT2D eigenvalue weighted by Gasteiger charge is 2.25. The molecule has 0 unspecified atom stereocenters. The third kappa shape index (κ3) is 5.35. The van der Waals surface area contributed by atoms with Crippen LogP contribution in [0.1, 0.15) is 18.9 Å². The highest BCUT2D eigenvalue weighted by Crippen LogP contribution is 2.20. The van der Waals surface area contributed by atoms with E-state index in [1.54, 1.807) is 6.08 Å². The number of thioether (sulfide) groups is 1. The Hall–Kier alpha value is -1.86. The van der Waals surface area contributed by atoms with Gasteiger partial charge in [0.15, 0.2) is 0 Å². The lowest BCUT2D eigenvalue weighted by molar-refractivity contribution is -0.124. The number of nitrogens with zero attached hydrogens (tertiary/aromatic N) is 1. The molecule has 0 radical (unpaired) electrons. The van der Waals surface area contributed by atoms with Crippen molar-refractivity contribution in [3.05, 3.63) is 35.9 Å². The molecule has 0 saturated carbocycles. The molecule has 1 aromatic rings. The Morgan fingerprint density at radius 1 is 1.46 bits per heavy atom. The molecule has 2 amide bonds. The van der Waals surface area contributed by atoms with Gasteiger partial charge in [-0.25, -0.2) is 0 Å². The molecule has 1 aromatic carbocycles. The van der Waals surface area contributed by atoms with Crippen molar-refractivity contribution in [2.24, 2.45) is 0 Å². The van der Waals surface area contributed by atoms with Crippen LogP contribution in [0.5, 0.6) is 5.75 Å². The first-order chi connectivity index (χ1) is 11.6. The Morgan fingerprint density at radius 3 is 2.96 bits per heavy atom. The zero-order valence-corrected chi connectivity index (χ0v) is 15.1. The van der Waals surface area contributed by atoms with Crippen LogP contribution in [0.2, 0.25) is 0 Å². The third-order valence-corrected chi connectivity index (χ3v) is 4.70. The molecule has 24 heavy (non-hydrogen) atoms. The van der Waals surface area contributed by atoms with Crippen molar-refractivity contribution < 1.29 is 14.3 Å². The zero-order valence-electron chi connectivity index (χ0n) is 13.5. The van der Waals surface area contributed by atoms with Crippen LogP contribution in [0, 0.1) is 0 Å². The lowest BCUT2D eigenvalue weighted by atomic mass is 10.2. The SMILES string of the molecule is CCCOc1ccccc1/C=C/C(=O)NCCN1C(=O)CSC1=S. The molecule has 0 aliphatic carbocycles. The minimum absolute atomic E-state index is 0.00297. The molecule has 0 aromatic heterocycles. The van der Waals surface area contributed by atoms with Crippen LogP contribution in [0.4, 0.5) is 0 Å². The average Bonchev–Trinajstić information content (AvgIpc) is 2.90. The summed E-state index contributed by atoms with van der Waals surface area (Å²) in [5, 5.41) is 2.75. The van der Waals surface area contributed by atoms with Gasteiger partial charge < -0.3 is 10.1 Å². The van der Waals surface area contributed by atoms with Crippen LogP contribution in [0.3, 0.4) is 0 Å². The average molecular weight is 364 g/mol. The molecule has 0 bridgehead atoms. The lowest BCUT2D eigenvalue weighted by Gasteiger charge is -2.14. The van der Waals surface area contributed by atoms with E-state index in [1.165, 1.54) is 22.7 Å². The molecule has 128 valence electrons. The number of benzene rings is 1. The molecule has 2 rings (SSSR count). The van der Waals surface area contributed by atoms with E-state index in [1.807, 2.05) is 31.2 Å². The van der Waals surface area contributed by atoms with Crippen molar-refractivity contribution >= 4 is 46.2 Å². The normalized spacial score (nSPS) is 14.5. The van der Waals surface area contributed by atoms with Gasteiger partial charge in [0.25, 0.3) is 0 Å². The quantitative estimate of drug-likeness (QED) is 0.567. The summed E-state index contributed by atoms with van der Waals surface area (Å²) < 4.78 is 6.22. The van der Waals surface area contributed by atoms with Gasteiger partial charge in [0.05, 0.1) is 12.4 Å². The molecule has 1 N–H and O–H groups in total. The van der Waals surface area contributed by atoms with Gasteiger partial charge in [-0.05, 0) is 18.6 Å². The van der Waals surface area contributed by atoms with Crippen molar-refractivity contribution in [3.8, 4) is 5.75 Å². The maximum atomic E-state index is 11.9. The third-order valence-electron chi connectivity index (χ3n) is 3.27. The van der Waals surface area contributed by atoms with Crippen LogP contribution < -0.4 is 10.1 Å². The molecule has 7 heteroatoms. The van der Waals surface area contributed by atoms with Crippen LogP contribution in [0.25, 0.3) is 6.08 Å². The number of amides is 2. The van der Waals surface area contributed by atoms with Crippen LogP contribution in [-0.2, 0) is 9.59 Å². The molecule has 5 nitrogen and oxygen atoms in total. The maximum Gasteiger partial charge on any atom is 0.244 e. The van der Waals surface area contributed by atoms with Crippen molar-refractivity contribution in [2.75, 3.05) is 25.4 Å². The van der Waals surface area contributed by atoms with E-state index in [9.17, 15) is 9.59 Å². The molecule has 1 aliphatic heterocycles. The fourth-order valence-corrected chi connectivity index (χ4v) is 3.20. The Bertz CT molecular complexity index is 630. The Kier molecular flexibility index (Phi) is 7.27. The van der Waals surface area contributed by atoms with E-state index in [0.29, 0.717) is 29.8 Å². The van der Waals surface area contributed by atoms with E-state index >= 15 is 0 Å². The number of ether oxygens (including phenoxy) is 1. The van der Waals surface area contributed by atoms with Gasteiger partial charge in [-0.2, -0.15) is 0 Å². The van der Waals surface area contributed by atoms with Gasteiger partial charge in [-0.3, -0.25) is 14.5 Å². The number of thiocarbonyl (C=S) groups is 1. The fraction of sp³-hybridized carbons (Fsp3) is 0.353. The summed E-state index contributed by atoms with van der Waals surface area (Å²) >= 11 is 6.44. The monoisotopic (exact) mass is 364 g/mol. The molecule has 0 atom stereocenters. The predicted octanol–water partition coefficient (Wildman–Crippen LogP) is 2.47. The maximum absolute atomic E-state index is 11.9. The number of carbonyl (C=O) groups is 2. The van der Waals surface area contributed by atoms with E-state index in [2.05, 4.69) is 5.32 Å². The second kappa shape index (κ2) is 9.44. The Morgan fingerprint density at radius 2 is 2.25 bits per heavy atom. The molecule has 1 saturated heterocycles. The number of carbonyl (C=O) groups excluding carboxylic acids is 2. The standard InChI is InChI=1S/C17H20N2O3S2/c1-2-11-22-14-6-4-3-5-13(14)7-8-15(20)18-9-10-19-16(21)12-24-17(19)23/h3-8H,2,9-12H2,1H3,(H,18,20)/b8-7+. The predicted molar refractivity (Wildman–Crippen MR) is 101 cm³/mol. The van der Waals surface area contributed by atoms with Crippen molar-refractivity contribution in [3.63, 3.8) is 0 Å². The Balaban J connectivity index is 1.83. The van der Waals surface area contributed by atoms with Crippen LogP contribution >= 0.6 is 24.0 Å². The van der Waals surface area contributed by atoms with E-state index in [-0.39, 0.29) is 11.8 Å². The van der Waals surface area contributed by atoms with Crippen molar-refractivity contribution in [1.29, 1.82) is 0 Å². The van der Waals surface area contributed by atoms with E-state index in [0.717, 1.165) is 17.7 Å². The highest BCUT2D eigenvalue weighted by molar-refractivity contribution is 8.23. The molecule has 1 heterocycles. The number of hydrogen-bond donors (Lipinski definition) is 1. The van der Waals surface area contributed by atoms with Gasteiger partial charge in [-0.15, -0.1) is 0 Å². The first-order valence-corrected chi connectivity index (χ1v) is 9.16. The number of para-hydroxylation sites is 1. The molecule has 1 aliphatic rings. The molecular weight excluding hydrogens is 344 g/mol. The summed E-state index contributed by atoms with van der Waals surface area (Å²) in [5.41, 5.74) is 0.855. The number of nitrogens with one attached hydrogen (secondary N) is 1. The summed E-state index contributed by atoms with van der Waals surface area (Å²) in [7, 11) is 0. The van der Waals surface area contributed by atoms with Crippen LogP contribution in [-0.4, -0.2) is 46.5 Å². The smallest absolute Gasteiger partial charge is 0.244 e. The second-order valence-electron chi connectivity index (χ2n) is 5.11. The minimum atomic E-state index is -0.217. The topological polar surface area (TPSA) is 58.6 Å². The van der Waals surface area contributed by atoms with Crippen molar-refractivity contribution in [2.45, 2.75) is 13.3 Å². The molecule has 0 spiro atoms. The fourth-order valence-electron chi connectivity index (χ4n) is 2.07. The summed E-state index contributed by atoms with van der Waals surface area (Å²) in [6, 6.07) is 7.57. The largest absolute Gasteiger partial charge is 0.493 e. The van der Waals surface area contributed by atoms with Gasteiger partial charge >= 0.3 is 0 Å². The van der Waals surface area contributed by atoms with Crippen LogP contribution in [0.15, 0.2) is 30.3 Å². The van der Waals surface area contributed by atoms with Gasteiger partial charge in [0, 0.05) is 24.7 Å². The molecular formula is C17H20N2O3S2. The van der Waals surface area contributed by atoms with Gasteiger partial charge in [-0.1, -0.05) is 49.1 Å². The summed E-state index contributed by atoms with van der Waals surface area (Å²) in [6.45, 7) is 3.45. The van der Waals surface area contributed by atoms with Crippen molar-refractivity contribution in [1.82, 2.24) is 10.2 Å². The van der Waals surface area contributed by atoms with Gasteiger partial charge in [0.2, 0.25) is 11.8 Å². The summed E-state index contributed by atoms with van der Waals surface area (Å²) in [6.07, 6.45) is 4.11. The minimum Gasteiger partial charge on any atom is -0.493 e. The van der Waals surface area contributed by atoms with Gasteiger partial charge in [0.1, 0.15) is 10.1 Å². The van der Waals surface area contributed by atoms with E-state index < -0.39 is 0 Å². The highest BCUT2D eigenvalue weighted by atomic mass is 32.2. The second-order valence-corrected chi connectivity index (χ2v) is 6.72.